The van der Waals surface area contributed by atoms with Gasteiger partial charge in [-0.05, 0) is 44.0 Å². The quantitative estimate of drug-likeness (QED) is 0.486. The lowest BCUT2D eigenvalue weighted by Crippen LogP contribution is -2.50. The maximum atomic E-state index is 14.4. The summed E-state index contributed by atoms with van der Waals surface area (Å²) in [4.78, 5) is 54.8. The van der Waals surface area contributed by atoms with E-state index in [1.165, 1.54) is 20.1 Å². The number of nitrogens with one attached hydrogen (secondary N) is 1. The molecule has 1 amide bonds. The molecule has 0 aliphatic carbocycles. The Morgan fingerprint density at radius 3 is 2.32 bits per heavy atom. The van der Waals surface area contributed by atoms with Crippen LogP contribution >= 0.6 is 0 Å². The highest BCUT2D eigenvalue weighted by Gasteiger charge is 2.27. The van der Waals surface area contributed by atoms with Crippen molar-refractivity contribution in [3.05, 3.63) is 52.1 Å². The highest BCUT2D eigenvalue weighted by molar-refractivity contribution is 5.99. The molecule has 182 valence electrons. The predicted molar refractivity (Wildman–Crippen MR) is 122 cm³/mol. The van der Waals surface area contributed by atoms with Crippen molar-refractivity contribution in [2.75, 3.05) is 44.8 Å². The molecular formula is C24H28FN3O6. The minimum atomic E-state index is -0.734. The fraction of sp³-hybridized carbons (Fsp3) is 0.417. The number of aromatic amines is 1. The van der Waals surface area contributed by atoms with Gasteiger partial charge in [0.1, 0.15) is 11.5 Å². The van der Waals surface area contributed by atoms with E-state index in [0.29, 0.717) is 60.7 Å². The molecule has 2 heterocycles. The molecule has 1 N–H and O–H groups in total. The molecule has 0 bridgehead atoms. The van der Waals surface area contributed by atoms with Gasteiger partial charge in [-0.2, -0.15) is 0 Å². The Hall–Kier alpha value is -3.69. The minimum absolute atomic E-state index is 0.111. The minimum Gasteiger partial charge on any atom is -0.465 e. The highest BCUT2D eigenvalue weighted by atomic mass is 19.1. The Morgan fingerprint density at radius 1 is 1.09 bits per heavy atom. The van der Waals surface area contributed by atoms with E-state index in [-0.39, 0.29) is 17.4 Å². The first-order valence-corrected chi connectivity index (χ1v) is 11.0. The fourth-order valence-electron chi connectivity index (χ4n) is 3.98. The van der Waals surface area contributed by atoms with Crippen molar-refractivity contribution >= 4 is 29.3 Å². The Morgan fingerprint density at radius 2 is 1.76 bits per heavy atom. The van der Waals surface area contributed by atoms with Crippen LogP contribution in [0.3, 0.4) is 0 Å². The molecule has 0 saturated carbocycles. The number of halogens is 1. The number of aromatic nitrogens is 1. The van der Waals surface area contributed by atoms with Gasteiger partial charge >= 0.3 is 11.9 Å². The number of rotatable bonds is 7. The second-order valence-corrected chi connectivity index (χ2v) is 7.99. The highest BCUT2D eigenvalue weighted by Crippen LogP contribution is 2.23. The number of carbonyl (C=O) groups is 4. The zero-order valence-corrected chi connectivity index (χ0v) is 19.7. The Kier molecular flexibility index (Phi) is 7.70. The molecule has 0 atom stereocenters. The molecule has 1 aliphatic heterocycles. The lowest BCUT2D eigenvalue weighted by molar-refractivity contribution is -0.134. The van der Waals surface area contributed by atoms with Crippen molar-refractivity contribution in [2.45, 2.75) is 27.2 Å². The molecule has 1 aromatic carbocycles. The summed E-state index contributed by atoms with van der Waals surface area (Å²) < 4.78 is 24.4. The summed E-state index contributed by atoms with van der Waals surface area (Å²) in [6.07, 6.45) is 0.486. The van der Waals surface area contributed by atoms with Crippen LogP contribution in [-0.4, -0.2) is 73.4 Å². The van der Waals surface area contributed by atoms with E-state index in [4.69, 9.17) is 9.47 Å². The molecule has 0 unspecified atom stereocenters. The first-order valence-electron chi connectivity index (χ1n) is 11.0. The molecule has 1 aliphatic rings. The van der Waals surface area contributed by atoms with Crippen LogP contribution in [0.1, 0.15) is 56.3 Å². The third-order valence-electron chi connectivity index (χ3n) is 5.93. The third kappa shape index (κ3) is 5.11. The summed E-state index contributed by atoms with van der Waals surface area (Å²) >= 11 is 0. The summed E-state index contributed by atoms with van der Waals surface area (Å²) in [5, 5.41) is 0. The number of H-pyrrole nitrogens is 1. The fourth-order valence-corrected chi connectivity index (χ4v) is 3.98. The Balaban J connectivity index is 1.57. The zero-order chi connectivity index (χ0) is 25.0. The Labute approximate surface area is 196 Å². The van der Waals surface area contributed by atoms with E-state index in [2.05, 4.69) is 4.98 Å². The van der Waals surface area contributed by atoms with Gasteiger partial charge < -0.3 is 24.3 Å². The van der Waals surface area contributed by atoms with E-state index < -0.39 is 24.4 Å². The van der Waals surface area contributed by atoms with Crippen LogP contribution in [0, 0.1) is 12.7 Å². The number of amides is 1. The number of aryl methyl sites for hydroxylation is 1. The molecule has 1 aromatic heterocycles. The van der Waals surface area contributed by atoms with Crippen molar-refractivity contribution in [3.63, 3.8) is 0 Å². The maximum absolute atomic E-state index is 14.4. The second-order valence-electron chi connectivity index (χ2n) is 7.99. The van der Waals surface area contributed by atoms with Gasteiger partial charge in [-0.3, -0.25) is 9.59 Å². The van der Waals surface area contributed by atoms with Gasteiger partial charge in [0, 0.05) is 37.4 Å². The molecule has 10 heteroatoms. The monoisotopic (exact) mass is 473 g/mol. The summed E-state index contributed by atoms with van der Waals surface area (Å²) in [6.45, 7) is 5.83. The van der Waals surface area contributed by atoms with Crippen molar-refractivity contribution < 1.29 is 33.0 Å². The average Bonchev–Trinajstić information content (AvgIpc) is 3.18. The summed E-state index contributed by atoms with van der Waals surface area (Å²) in [6, 6.07) is 4.36. The lowest BCUT2D eigenvalue weighted by atomic mass is 10.1. The number of ether oxygens (including phenoxy) is 2. The van der Waals surface area contributed by atoms with Crippen LogP contribution < -0.4 is 4.90 Å². The van der Waals surface area contributed by atoms with Crippen molar-refractivity contribution in [2.24, 2.45) is 0 Å². The molecule has 2 aromatic rings. The van der Waals surface area contributed by atoms with Gasteiger partial charge in [-0.15, -0.1) is 0 Å². The number of Topliss-reactive ketones (excluding diaryl/α,β-unsaturated/α-hetero) is 1. The number of carbonyl (C=O) groups excluding carboxylic acids is 4. The predicted octanol–water partition coefficient (Wildman–Crippen LogP) is 2.52. The van der Waals surface area contributed by atoms with Crippen LogP contribution in [0.4, 0.5) is 10.1 Å². The number of hydrogen-bond donors (Lipinski definition) is 1. The number of ketones is 1. The zero-order valence-electron chi connectivity index (χ0n) is 19.7. The Bertz CT molecular complexity index is 1120. The molecule has 1 fully saturated rings. The average molecular weight is 474 g/mol. The molecule has 3 rings (SSSR count). The summed E-state index contributed by atoms with van der Waals surface area (Å²) in [7, 11) is 1.26. The summed E-state index contributed by atoms with van der Waals surface area (Å²) in [5.41, 5.74) is 2.05. The van der Waals surface area contributed by atoms with Gasteiger partial charge in [0.2, 0.25) is 0 Å². The first-order chi connectivity index (χ1) is 16.2. The lowest BCUT2D eigenvalue weighted by Gasteiger charge is -2.36. The van der Waals surface area contributed by atoms with Gasteiger partial charge in [0.15, 0.2) is 12.4 Å². The number of anilines is 1. The SMILES string of the molecule is CCc1[nH]c(C(=O)OCC(=O)N2CCN(c3ccc(C(C)=O)cc3F)CC2)c(C)c1C(=O)OC. The number of nitrogens with zero attached hydrogens (tertiary/aromatic N) is 2. The molecule has 0 radical (unpaired) electrons. The molecule has 0 spiro atoms. The van der Waals surface area contributed by atoms with Crippen molar-refractivity contribution in [3.8, 4) is 0 Å². The first kappa shape index (κ1) is 24.9. The van der Waals surface area contributed by atoms with E-state index in [9.17, 15) is 23.6 Å². The number of benzene rings is 1. The molecule has 9 nitrogen and oxygen atoms in total. The molecular weight excluding hydrogens is 445 g/mol. The van der Waals surface area contributed by atoms with Crippen molar-refractivity contribution in [1.29, 1.82) is 0 Å². The van der Waals surface area contributed by atoms with Gasteiger partial charge in [-0.1, -0.05) is 6.92 Å². The maximum Gasteiger partial charge on any atom is 0.355 e. The summed E-state index contributed by atoms with van der Waals surface area (Å²) in [5.74, 6) is -2.35. The normalized spacial score (nSPS) is 13.6. The smallest absolute Gasteiger partial charge is 0.355 e. The topological polar surface area (TPSA) is 109 Å². The molecule has 1 saturated heterocycles. The molecule has 34 heavy (non-hydrogen) atoms. The van der Waals surface area contributed by atoms with Crippen LogP contribution in [-0.2, 0) is 20.7 Å². The second kappa shape index (κ2) is 10.5. The third-order valence-corrected chi connectivity index (χ3v) is 5.93. The van der Waals surface area contributed by atoms with E-state index in [1.807, 2.05) is 6.92 Å². The number of methoxy groups -OCH3 is 1. The largest absolute Gasteiger partial charge is 0.465 e. The number of hydrogen-bond acceptors (Lipinski definition) is 7. The van der Waals surface area contributed by atoms with Crippen LogP contribution in [0.2, 0.25) is 0 Å². The van der Waals surface area contributed by atoms with Crippen molar-refractivity contribution in [1.82, 2.24) is 9.88 Å². The number of piperazine rings is 1. The number of esters is 2. The van der Waals surface area contributed by atoms with Crippen LogP contribution in [0.5, 0.6) is 0 Å². The van der Waals surface area contributed by atoms with E-state index in [1.54, 1.807) is 28.9 Å². The van der Waals surface area contributed by atoms with Gasteiger partial charge in [-0.25, -0.2) is 14.0 Å². The van der Waals surface area contributed by atoms with Crippen LogP contribution in [0.15, 0.2) is 18.2 Å². The van der Waals surface area contributed by atoms with Gasteiger partial charge in [0.05, 0.1) is 18.4 Å². The van der Waals surface area contributed by atoms with E-state index in [0.717, 1.165) is 0 Å². The van der Waals surface area contributed by atoms with E-state index >= 15 is 0 Å². The standard InChI is InChI=1S/C24H28FN3O6/c1-5-18-21(23(31)33-4)14(2)22(26-18)24(32)34-13-20(30)28-10-8-27(9-11-28)19-7-6-16(15(3)29)12-17(19)25/h6-7,12,26H,5,8-11,13H2,1-4H3. The van der Waals surface area contributed by atoms with Gasteiger partial charge in [0.25, 0.3) is 5.91 Å². The van der Waals surface area contributed by atoms with Crippen LogP contribution in [0.25, 0.3) is 0 Å².